The van der Waals surface area contributed by atoms with Gasteiger partial charge in [0.1, 0.15) is 12.4 Å². The van der Waals surface area contributed by atoms with Crippen molar-refractivity contribution < 1.29 is 24.5 Å². The molecule has 0 fully saturated rings. The summed E-state index contributed by atoms with van der Waals surface area (Å²) in [6.45, 7) is 4.85. The maximum absolute atomic E-state index is 12.7. The minimum Gasteiger partial charge on any atom is -0.494 e. The number of nitrogens with zero attached hydrogens (tertiary/aromatic N) is 3. The van der Waals surface area contributed by atoms with Gasteiger partial charge in [-0.1, -0.05) is 74.5 Å². The van der Waals surface area contributed by atoms with Crippen molar-refractivity contribution in [3.63, 3.8) is 0 Å². The van der Waals surface area contributed by atoms with Crippen molar-refractivity contribution in [2.24, 2.45) is 16.1 Å². The van der Waals surface area contributed by atoms with Crippen molar-refractivity contribution in [3.05, 3.63) is 114 Å². The first kappa shape index (κ1) is 28.3. The van der Waals surface area contributed by atoms with Gasteiger partial charge in [-0.25, -0.2) is 0 Å². The largest absolute Gasteiger partial charge is 0.494 e. The van der Waals surface area contributed by atoms with E-state index in [4.69, 9.17) is 4.74 Å². The van der Waals surface area contributed by atoms with Gasteiger partial charge in [-0.2, -0.15) is 0 Å². The minimum atomic E-state index is -0.735. The predicted molar refractivity (Wildman–Crippen MR) is 161 cm³/mol. The first-order valence-electron chi connectivity index (χ1n) is 13.7. The highest BCUT2D eigenvalue weighted by Crippen LogP contribution is 2.37. The number of carbonyl (C=O) groups is 2. The third-order valence-corrected chi connectivity index (χ3v) is 6.99. The smallest absolute Gasteiger partial charge is 0.295 e. The third kappa shape index (κ3) is 6.23. The summed E-state index contributed by atoms with van der Waals surface area (Å²) in [5.41, 5.74) is 3.33. The molecule has 1 aromatic heterocycles. The average molecular weight is 562 g/mol. The van der Waals surface area contributed by atoms with Crippen LogP contribution in [0.15, 0.2) is 107 Å². The molecule has 0 radical (unpaired) electrons. The number of rotatable bonds is 9. The molecule has 0 saturated heterocycles. The van der Waals surface area contributed by atoms with Crippen LogP contribution >= 0.6 is 0 Å². The molecule has 0 atom stereocenters. The van der Waals surface area contributed by atoms with E-state index >= 15 is 0 Å². The number of aromatic hydroxyl groups is 2. The molecule has 212 valence electrons. The molecule has 1 heterocycles. The number of para-hydroxylation sites is 1. The van der Waals surface area contributed by atoms with Crippen LogP contribution in [0.3, 0.4) is 0 Å². The molecule has 0 saturated carbocycles. The Bertz CT molecular complexity index is 1760. The van der Waals surface area contributed by atoms with E-state index in [1.807, 2.05) is 54.6 Å². The molecule has 4 aromatic carbocycles. The van der Waals surface area contributed by atoms with E-state index in [9.17, 15) is 19.8 Å². The molecule has 0 unspecified atom stereocenters. The molecule has 2 N–H and O–H groups in total. The lowest BCUT2D eigenvalue weighted by Gasteiger charge is -2.12. The number of aromatic nitrogens is 1. The molecule has 2 amide bonds. The van der Waals surface area contributed by atoms with Gasteiger partial charge in [0.25, 0.3) is 11.8 Å². The molecule has 42 heavy (non-hydrogen) atoms. The highest BCUT2D eigenvalue weighted by Gasteiger charge is 2.18. The van der Waals surface area contributed by atoms with E-state index < -0.39 is 11.8 Å². The Labute approximate surface area is 243 Å². The second-order valence-corrected chi connectivity index (χ2v) is 10.4. The van der Waals surface area contributed by atoms with Crippen LogP contribution in [-0.4, -0.2) is 26.6 Å². The lowest BCUT2D eigenvalue weighted by molar-refractivity contribution is 0.0947. The number of benzene rings is 4. The molecule has 0 bridgehead atoms. The van der Waals surface area contributed by atoms with Gasteiger partial charge in [0.05, 0.1) is 0 Å². The minimum absolute atomic E-state index is 0.0618. The Kier molecular flexibility index (Phi) is 8.43. The maximum Gasteiger partial charge on any atom is 0.295 e. The molecule has 5 aromatic rings. The number of carbonyl (C=O) groups excluding carboxylic acids is 2. The highest BCUT2D eigenvalue weighted by molar-refractivity contribution is 6.03. The Balaban J connectivity index is 1.23. The zero-order valence-corrected chi connectivity index (χ0v) is 23.4. The fourth-order valence-electron chi connectivity index (χ4n) is 4.61. The molecule has 0 aliphatic rings. The lowest BCUT2D eigenvalue weighted by Crippen LogP contribution is -2.00. The van der Waals surface area contributed by atoms with Crippen molar-refractivity contribution in [1.82, 2.24) is 4.57 Å². The molecule has 8 nitrogen and oxygen atoms in total. The maximum atomic E-state index is 12.7. The molecule has 5 rings (SSSR count). The Morgan fingerprint density at radius 3 is 2.10 bits per heavy atom. The summed E-state index contributed by atoms with van der Waals surface area (Å²) in [6.07, 6.45) is 0.764. The van der Waals surface area contributed by atoms with Crippen LogP contribution in [0.5, 0.6) is 17.5 Å². The summed E-state index contributed by atoms with van der Waals surface area (Å²) in [5.74, 6) is -0.444. The van der Waals surface area contributed by atoms with E-state index in [1.165, 1.54) is 16.7 Å². The van der Waals surface area contributed by atoms with Crippen molar-refractivity contribution >= 4 is 22.6 Å². The van der Waals surface area contributed by atoms with Crippen LogP contribution in [0.4, 0.5) is 0 Å². The summed E-state index contributed by atoms with van der Waals surface area (Å²) in [7, 11) is 0. The molecular formula is C34H31N3O5. The van der Waals surface area contributed by atoms with Crippen molar-refractivity contribution in [3.8, 4) is 28.6 Å². The average Bonchev–Trinajstić information content (AvgIpc) is 3.26. The zero-order valence-electron chi connectivity index (χ0n) is 23.4. The van der Waals surface area contributed by atoms with E-state index in [1.54, 1.807) is 30.3 Å². The first-order valence-corrected chi connectivity index (χ1v) is 13.7. The van der Waals surface area contributed by atoms with Crippen molar-refractivity contribution in [2.75, 3.05) is 0 Å². The quantitative estimate of drug-likeness (QED) is 0.178. The number of amides is 2. The van der Waals surface area contributed by atoms with Gasteiger partial charge in [-0.05, 0) is 59.9 Å². The fourth-order valence-corrected chi connectivity index (χ4v) is 4.61. The zero-order chi connectivity index (χ0) is 29.6. The van der Waals surface area contributed by atoms with E-state index in [2.05, 4.69) is 24.1 Å². The summed E-state index contributed by atoms with van der Waals surface area (Å²) >= 11 is 0. The summed E-state index contributed by atoms with van der Waals surface area (Å²) in [5, 5.41) is 29.1. The number of hydrogen-bond donors (Lipinski definition) is 2. The van der Waals surface area contributed by atoms with Crippen LogP contribution in [0.1, 0.15) is 46.5 Å². The number of hydrogen-bond acceptors (Lipinski definition) is 5. The van der Waals surface area contributed by atoms with Gasteiger partial charge in [0, 0.05) is 34.0 Å². The fraction of sp³-hybridized carbons (Fsp3) is 0.176. The molecule has 0 aliphatic carbocycles. The van der Waals surface area contributed by atoms with Crippen LogP contribution in [0.2, 0.25) is 0 Å². The van der Waals surface area contributed by atoms with Gasteiger partial charge in [-0.15, -0.1) is 10.2 Å². The summed E-state index contributed by atoms with van der Waals surface area (Å²) in [6, 6.07) is 29.0. The normalized spacial score (nSPS) is 11.4. The van der Waals surface area contributed by atoms with Gasteiger partial charge in [0.15, 0.2) is 0 Å². The van der Waals surface area contributed by atoms with Gasteiger partial charge < -0.3 is 14.9 Å². The highest BCUT2D eigenvalue weighted by atomic mass is 16.5. The van der Waals surface area contributed by atoms with Gasteiger partial charge >= 0.3 is 0 Å². The van der Waals surface area contributed by atoms with Gasteiger partial charge in [-0.3, -0.25) is 14.2 Å². The monoisotopic (exact) mass is 561 g/mol. The standard InChI is InChI=1S/C34H31N3O5/c1-22(2)18-19-37-33(40)28-17-16-26(20-29(28)34(37)41)32(39)36-35-31(38)25-14-12-23(13-15-25)21-42-30-11-7-6-10-27(30)24-8-4-3-5-9-24/h3-17,20,22,40-41H,18-19,21H2,1-2H3. The molecular weight excluding hydrogens is 530 g/mol. The first-order chi connectivity index (χ1) is 20.3. The predicted octanol–water partition coefficient (Wildman–Crippen LogP) is 7.78. The van der Waals surface area contributed by atoms with Crippen LogP contribution < -0.4 is 4.74 Å². The molecule has 8 heteroatoms. The van der Waals surface area contributed by atoms with Gasteiger partial charge in [0.2, 0.25) is 11.8 Å². The lowest BCUT2D eigenvalue weighted by atomic mass is 10.0. The van der Waals surface area contributed by atoms with E-state index in [-0.39, 0.29) is 22.9 Å². The molecule has 0 aliphatic heterocycles. The van der Waals surface area contributed by atoms with Crippen LogP contribution in [0.25, 0.3) is 21.9 Å². The topological polar surface area (TPSA) is 113 Å². The number of azo groups is 1. The second kappa shape index (κ2) is 12.5. The van der Waals surface area contributed by atoms with Crippen molar-refractivity contribution in [2.45, 2.75) is 33.4 Å². The Morgan fingerprint density at radius 1 is 0.762 bits per heavy atom. The Morgan fingerprint density at radius 2 is 1.38 bits per heavy atom. The number of ether oxygens (including phenoxy) is 1. The van der Waals surface area contributed by atoms with Crippen molar-refractivity contribution in [1.29, 1.82) is 0 Å². The molecule has 0 spiro atoms. The van der Waals surface area contributed by atoms with E-state index in [0.29, 0.717) is 29.8 Å². The van der Waals surface area contributed by atoms with E-state index in [0.717, 1.165) is 28.9 Å². The number of fused-ring (bicyclic) bond motifs is 1. The van der Waals surface area contributed by atoms with Crippen LogP contribution in [-0.2, 0) is 13.2 Å². The summed E-state index contributed by atoms with van der Waals surface area (Å²) in [4.78, 5) is 25.3. The van der Waals surface area contributed by atoms with Crippen LogP contribution in [0, 0.1) is 5.92 Å². The second-order valence-electron chi connectivity index (χ2n) is 10.4. The Hall–Kier alpha value is -5.24. The summed E-state index contributed by atoms with van der Waals surface area (Å²) < 4.78 is 7.49. The third-order valence-electron chi connectivity index (χ3n) is 6.99. The SMILES string of the molecule is CC(C)CCn1c(O)c2ccc(C(=O)N=NC(=O)c3ccc(COc4ccccc4-c4ccccc4)cc3)cc2c1O.